The third-order valence-corrected chi connectivity index (χ3v) is 3.87. The maximum absolute atomic E-state index is 6.10. The number of fused-ring (bicyclic) bond motifs is 1. The molecule has 18 heavy (non-hydrogen) atoms. The van der Waals surface area contributed by atoms with Gasteiger partial charge in [0.25, 0.3) is 0 Å². The van der Waals surface area contributed by atoms with Gasteiger partial charge in [-0.15, -0.1) is 0 Å². The molecule has 2 N–H and O–H groups in total. The zero-order valence-corrected chi connectivity index (χ0v) is 10.9. The van der Waals surface area contributed by atoms with Gasteiger partial charge in [-0.1, -0.05) is 29.8 Å². The summed E-state index contributed by atoms with van der Waals surface area (Å²) in [7, 11) is 0. The van der Waals surface area contributed by atoms with E-state index in [1.54, 1.807) is 0 Å². The molecule has 0 spiro atoms. The van der Waals surface area contributed by atoms with E-state index in [-0.39, 0.29) is 0 Å². The van der Waals surface area contributed by atoms with Crippen LogP contribution in [0, 0.1) is 6.92 Å². The van der Waals surface area contributed by atoms with Crippen molar-refractivity contribution in [1.82, 2.24) is 0 Å². The largest absolute Gasteiger partial charge is 0.398 e. The lowest BCUT2D eigenvalue weighted by molar-refractivity contribution is 0.686. The van der Waals surface area contributed by atoms with E-state index in [0.717, 1.165) is 5.69 Å². The lowest BCUT2D eigenvalue weighted by Crippen LogP contribution is -2.02. The van der Waals surface area contributed by atoms with Crippen LogP contribution in [0.5, 0.6) is 0 Å². The predicted octanol–water partition coefficient (Wildman–Crippen LogP) is 4.12. The molecule has 1 nitrogen and oxygen atoms in total. The molecule has 0 heterocycles. The van der Waals surface area contributed by atoms with Crippen molar-refractivity contribution in [1.29, 1.82) is 0 Å². The first-order chi connectivity index (χ1) is 8.74. The topological polar surface area (TPSA) is 26.0 Å². The number of hydrogen-bond donors (Lipinski definition) is 1. The first-order valence-corrected chi connectivity index (χ1v) is 6.72. The summed E-state index contributed by atoms with van der Waals surface area (Å²) in [6.45, 7) is 2.11. The van der Waals surface area contributed by atoms with Gasteiger partial charge in [0.2, 0.25) is 0 Å². The van der Waals surface area contributed by atoms with E-state index in [1.165, 1.54) is 53.5 Å². The van der Waals surface area contributed by atoms with Crippen molar-refractivity contribution in [2.24, 2.45) is 0 Å². The van der Waals surface area contributed by atoms with E-state index in [2.05, 4.69) is 37.3 Å². The number of nitrogen functional groups attached to an aromatic ring is 1. The van der Waals surface area contributed by atoms with Gasteiger partial charge in [-0.2, -0.15) is 0 Å². The number of nitrogens with two attached hydrogens (primary N) is 1. The summed E-state index contributed by atoms with van der Waals surface area (Å²) in [6.07, 6.45) is 5.10. The number of rotatable bonds is 1. The van der Waals surface area contributed by atoms with Crippen LogP contribution in [0.2, 0.25) is 0 Å². The second-order valence-electron chi connectivity index (χ2n) is 5.28. The van der Waals surface area contributed by atoms with E-state index < -0.39 is 0 Å². The lowest BCUT2D eigenvalue weighted by Gasteiger charge is -2.17. The molecule has 0 aromatic heterocycles. The fraction of sp³-hybridized carbons (Fsp3) is 0.294. The second-order valence-corrected chi connectivity index (χ2v) is 5.28. The van der Waals surface area contributed by atoms with Crippen LogP contribution in [0.15, 0.2) is 36.4 Å². The normalized spacial score (nSPS) is 14.3. The first kappa shape index (κ1) is 11.3. The first-order valence-electron chi connectivity index (χ1n) is 6.72. The van der Waals surface area contributed by atoms with Crippen LogP contribution < -0.4 is 5.73 Å². The Morgan fingerprint density at radius 3 is 2.50 bits per heavy atom. The second kappa shape index (κ2) is 4.49. The maximum atomic E-state index is 6.10. The Hall–Kier alpha value is -1.76. The van der Waals surface area contributed by atoms with Crippen LogP contribution in [-0.2, 0) is 12.8 Å². The van der Waals surface area contributed by atoms with Crippen LogP contribution in [0.1, 0.15) is 29.5 Å². The van der Waals surface area contributed by atoms with Gasteiger partial charge >= 0.3 is 0 Å². The minimum Gasteiger partial charge on any atom is -0.398 e. The molecule has 1 aliphatic rings. The maximum Gasteiger partial charge on any atom is 0.0393 e. The van der Waals surface area contributed by atoms with Gasteiger partial charge in [0.15, 0.2) is 0 Å². The summed E-state index contributed by atoms with van der Waals surface area (Å²) < 4.78 is 0. The predicted molar refractivity (Wildman–Crippen MR) is 77.7 cm³/mol. The Balaban J connectivity index is 2.09. The highest BCUT2D eigenvalue weighted by Gasteiger charge is 2.11. The molecule has 1 aliphatic carbocycles. The van der Waals surface area contributed by atoms with Crippen molar-refractivity contribution in [3.63, 3.8) is 0 Å². The van der Waals surface area contributed by atoms with Crippen molar-refractivity contribution >= 4 is 5.69 Å². The summed E-state index contributed by atoms with van der Waals surface area (Å²) >= 11 is 0. The highest BCUT2D eigenvalue weighted by molar-refractivity contribution is 5.77. The zero-order valence-electron chi connectivity index (χ0n) is 10.9. The molecule has 0 saturated carbocycles. The minimum atomic E-state index is 0.872. The Bertz CT molecular complexity index is 584. The molecule has 0 aliphatic heterocycles. The molecule has 0 amide bonds. The average molecular weight is 237 g/mol. The Labute approximate surface area is 109 Å². The fourth-order valence-electron chi connectivity index (χ4n) is 2.82. The van der Waals surface area contributed by atoms with E-state index in [9.17, 15) is 0 Å². The van der Waals surface area contributed by atoms with Gasteiger partial charge in [0, 0.05) is 11.3 Å². The van der Waals surface area contributed by atoms with Crippen molar-refractivity contribution in [3.8, 4) is 11.1 Å². The molecule has 0 unspecified atom stereocenters. The third-order valence-electron chi connectivity index (χ3n) is 3.87. The number of hydrogen-bond acceptors (Lipinski definition) is 1. The van der Waals surface area contributed by atoms with Crippen LogP contribution in [-0.4, -0.2) is 0 Å². The molecule has 0 fully saturated rings. The van der Waals surface area contributed by atoms with E-state index in [0.29, 0.717) is 0 Å². The van der Waals surface area contributed by atoms with Crippen LogP contribution >= 0.6 is 0 Å². The highest BCUT2D eigenvalue weighted by Crippen LogP contribution is 2.31. The van der Waals surface area contributed by atoms with Crippen LogP contribution in [0.4, 0.5) is 5.69 Å². The van der Waals surface area contributed by atoms with Crippen LogP contribution in [0.25, 0.3) is 11.1 Å². The van der Waals surface area contributed by atoms with Crippen molar-refractivity contribution < 1.29 is 0 Å². The molecular formula is C17H19N. The lowest BCUT2D eigenvalue weighted by atomic mass is 9.88. The molecule has 2 aromatic rings. The quantitative estimate of drug-likeness (QED) is 0.742. The molecule has 92 valence electrons. The summed E-state index contributed by atoms with van der Waals surface area (Å²) in [5.41, 5.74) is 13.7. The summed E-state index contributed by atoms with van der Waals surface area (Å²) in [5.74, 6) is 0. The molecule has 3 rings (SSSR count). The van der Waals surface area contributed by atoms with Crippen molar-refractivity contribution in [2.75, 3.05) is 5.73 Å². The Kier molecular flexibility index (Phi) is 2.83. The molecule has 1 heteroatoms. The molecule has 0 atom stereocenters. The monoisotopic (exact) mass is 237 g/mol. The molecule has 2 aromatic carbocycles. The zero-order chi connectivity index (χ0) is 12.5. The van der Waals surface area contributed by atoms with E-state index in [4.69, 9.17) is 5.73 Å². The summed E-state index contributed by atoms with van der Waals surface area (Å²) in [6, 6.07) is 13.1. The van der Waals surface area contributed by atoms with E-state index >= 15 is 0 Å². The number of anilines is 1. The van der Waals surface area contributed by atoms with Crippen molar-refractivity contribution in [3.05, 3.63) is 53.1 Å². The Morgan fingerprint density at radius 1 is 0.889 bits per heavy atom. The van der Waals surface area contributed by atoms with Gasteiger partial charge in [-0.25, -0.2) is 0 Å². The summed E-state index contributed by atoms with van der Waals surface area (Å²) in [4.78, 5) is 0. The van der Waals surface area contributed by atoms with Gasteiger partial charge in [-0.05, 0) is 61.4 Å². The molecular weight excluding hydrogens is 218 g/mol. The summed E-state index contributed by atoms with van der Waals surface area (Å²) in [5, 5.41) is 0. The molecule has 0 saturated heterocycles. The number of benzene rings is 2. The minimum absolute atomic E-state index is 0.872. The Morgan fingerprint density at radius 2 is 1.67 bits per heavy atom. The highest BCUT2D eigenvalue weighted by atomic mass is 14.6. The molecule has 0 bridgehead atoms. The fourth-order valence-corrected chi connectivity index (χ4v) is 2.82. The SMILES string of the molecule is Cc1ccc(N)c(-c2ccc3c(c2)CCCC3)c1. The third kappa shape index (κ3) is 2.01. The molecule has 0 radical (unpaired) electrons. The van der Waals surface area contributed by atoms with Gasteiger partial charge in [0.05, 0.1) is 0 Å². The smallest absolute Gasteiger partial charge is 0.0393 e. The van der Waals surface area contributed by atoms with E-state index in [1.807, 2.05) is 6.07 Å². The van der Waals surface area contributed by atoms with Crippen LogP contribution in [0.3, 0.4) is 0 Å². The van der Waals surface area contributed by atoms with Gasteiger partial charge in [-0.3, -0.25) is 0 Å². The van der Waals surface area contributed by atoms with Gasteiger partial charge < -0.3 is 5.73 Å². The standard InChI is InChI=1S/C17H19N/c1-12-6-9-17(18)16(10-12)15-8-7-13-4-2-3-5-14(13)11-15/h6-11H,2-5,18H2,1H3. The van der Waals surface area contributed by atoms with Gasteiger partial charge in [0.1, 0.15) is 0 Å². The average Bonchev–Trinajstić information content (AvgIpc) is 2.41. The van der Waals surface area contributed by atoms with Crippen molar-refractivity contribution in [2.45, 2.75) is 32.6 Å². The number of aryl methyl sites for hydroxylation is 3.